The lowest BCUT2D eigenvalue weighted by molar-refractivity contribution is 0.805. The van der Waals surface area contributed by atoms with Gasteiger partial charge in [0.25, 0.3) is 0 Å². The molecule has 3 N–H and O–H groups in total. The van der Waals surface area contributed by atoms with E-state index in [0.29, 0.717) is 24.1 Å². The standard InChI is InChI=1S/C14H18ClN5.HI/c1-9(2)7-17-14(16)18-8-13-19-11-6-10(15)4-5-12(11)20(13)3;/h4-6H,1,7-8H2,2-3H3,(H3,16,17,18);1H. The molecule has 0 unspecified atom stereocenters. The summed E-state index contributed by atoms with van der Waals surface area (Å²) in [5.41, 5.74) is 8.66. The van der Waals surface area contributed by atoms with Gasteiger partial charge in [0, 0.05) is 18.6 Å². The van der Waals surface area contributed by atoms with Gasteiger partial charge in [0.2, 0.25) is 0 Å². The predicted octanol–water partition coefficient (Wildman–Crippen LogP) is 2.83. The third-order valence-electron chi connectivity index (χ3n) is 2.90. The Morgan fingerprint density at radius 2 is 2.24 bits per heavy atom. The highest BCUT2D eigenvalue weighted by molar-refractivity contribution is 14.0. The van der Waals surface area contributed by atoms with Gasteiger partial charge < -0.3 is 15.6 Å². The summed E-state index contributed by atoms with van der Waals surface area (Å²) in [5, 5.41) is 3.66. The van der Waals surface area contributed by atoms with E-state index in [1.165, 1.54) is 0 Å². The summed E-state index contributed by atoms with van der Waals surface area (Å²) in [4.78, 5) is 8.78. The van der Waals surface area contributed by atoms with Crippen LogP contribution in [0.4, 0.5) is 0 Å². The number of halogens is 2. The lowest BCUT2D eigenvalue weighted by Gasteiger charge is -2.04. The van der Waals surface area contributed by atoms with E-state index in [1.807, 2.05) is 36.7 Å². The van der Waals surface area contributed by atoms with Gasteiger partial charge in [-0.05, 0) is 25.1 Å². The number of hydrogen-bond acceptors (Lipinski definition) is 2. The summed E-state index contributed by atoms with van der Waals surface area (Å²) < 4.78 is 1.99. The van der Waals surface area contributed by atoms with Crippen molar-refractivity contribution in [3.05, 3.63) is 41.2 Å². The van der Waals surface area contributed by atoms with Gasteiger partial charge in [-0.2, -0.15) is 0 Å². The van der Waals surface area contributed by atoms with Gasteiger partial charge in [-0.1, -0.05) is 23.8 Å². The Balaban J connectivity index is 0.00000220. The second kappa shape index (κ2) is 7.65. The van der Waals surface area contributed by atoms with Gasteiger partial charge >= 0.3 is 0 Å². The zero-order chi connectivity index (χ0) is 14.7. The van der Waals surface area contributed by atoms with Crippen LogP contribution >= 0.6 is 35.6 Å². The molecule has 2 rings (SSSR count). The first-order valence-electron chi connectivity index (χ1n) is 6.26. The molecule has 1 aromatic carbocycles. The molecule has 7 heteroatoms. The van der Waals surface area contributed by atoms with Crippen LogP contribution in [-0.2, 0) is 13.6 Å². The molecule has 0 atom stereocenters. The van der Waals surface area contributed by atoms with Crippen molar-refractivity contribution in [3.63, 3.8) is 0 Å². The Morgan fingerprint density at radius 3 is 2.90 bits per heavy atom. The van der Waals surface area contributed by atoms with E-state index in [2.05, 4.69) is 21.9 Å². The number of nitrogens with one attached hydrogen (secondary N) is 1. The number of nitrogens with two attached hydrogens (primary N) is 1. The Morgan fingerprint density at radius 1 is 1.52 bits per heavy atom. The molecule has 0 aliphatic heterocycles. The molecular weight excluding hydrogens is 401 g/mol. The van der Waals surface area contributed by atoms with E-state index in [9.17, 15) is 0 Å². The second-order valence-electron chi connectivity index (χ2n) is 4.73. The minimum atomic E-state index is 0. The van der Waals surface area contributed by atoms with E-state index in [0.717, 1.165) is 22.4 Å². The molecule has 2 aromatic rings. The maximum Gasteiger partial charge on any atom is 0.189 e. The van der Waals surface area contributed by atoms with Gasteiger partial charge in [-0.25, -0.2) is 9.98 Å². The number of aliphatic imine (C=N–C) groups is 1. The van der Waals surface area contributed by atoms with Gasteiger partial charge in [0.15, 0.2) is 5.96 Å². The van der Waals surface area contributed by atoms with Crippen molar-refractivity contribution in [2.75, 3.05) is 6.54 Å². The predicted molar refractivity (Wildman–Crippen MR) is 99.3 cm³/mol. The highest BCUT2D eigenvalue weighted by atomic mass is 127. The molecule has 1 heterocycles. The molecule has 114 valence electrons. The summed E-state index contributed by atoms with van der Waals surface area (Å²) in [6.45, 7) is 6.75. The minimum Gasteiger partial charge on any atom is -0.370 e. The molecule has 0 aliphatic rings. The number of nitrogens with zero attached hydrogens (tertiary/aromatic N) is 3. The van der Waals surface area contributed by atoms with E-state index in [1.54, 1.807) is 0 Å². The van der Waals surface area contributed by atoms with E-state index < -0.39 is 0 Å². The number of aromatic nitrogens is 2. The van der Waals surface area contributed by atoms with Crippen LogP contribution in [0.25, 0.3) is 11.0 Å². The van der Waals surface area contributed by atoms with Crippen molar-refractivity contribution in [1.82, 2.24) is 14.9 Å². The fourth-order valence-corrected chi connectivity index (χ4v) is 1.98. The van der Waals surface area contributed by atoms with Crippen molar-refractivity contribution in [3.8, 4) is 0 Å². The molecule has 0 spiro atoms. The Kier molecular flexibility index (Phi) is 6.47. The van der Waals surface area contributed by atoms with Crippen LogP contribution in [0.1, 0.15) is 12.7 Å². The molecule has 0 fully saturated rings. The van der Waals surface area contributed by atoms with Crippen LogP contribution < -0.4 is 11.1 Å². The summed E-state index contributed by atoms with van der Waals surface area (Å²) in [6, 6.07) is 5.63. The van der Waals surface area contributed by atoms with Gasteiger partial charge in [-0.3, -0.25) is 0 Å². The van der Waals surface area contributed by atoms with Crippen molar-refractivity contribution in [2.24, 2.45) is 17.8 Å². The van der Waals surface area contributed by atoms with Crippen molar-refractivity contribution >= 4 is 52.6 Å². The van der Waals surface area contributed by atoms with Crippen LogP contribution in [0.3, 0.4) is 0 Å². The number of benzene rings is 1. The van der Waals surface area contributed by atoms with Gasteiger partial charge in [0.05, 0.1) is 11.0 Å². The van der Waals surface area contributed by atoms with Crippen molar-refractivity contribution in [2.45, 2.75) is 13.5 Å². The minimum absolute atomic E-state index is 0. The summed E-state index contributed by atoms with van der Waals surface area (Å²) in [6.07, 6.45) is 0. The maximum absolute atomic E-state index is 5.96. The number of rotatable bonds is 4. The van der Waals surface area contributed by atoms with E-state index in [4.69, 9.17) is 17.3 Å². The van der Waals surface area contributed by atoms with Crippen LogP contribution in [0, 0.1) is 0 Å². The SMILES string of the molecule is C=C(C)CNC(N)=NCc1nc2cc(Cl)ccc2n1C.I. The smallest absolute Gasteiger partial charge is 0.189 e. The summed E-state index contributed by atoms with van der Waals surface area (Å²) in [7, 11) is 1.95. The van der Waals surface area contributed by atoms with E-state index in [-0.39, 0.29) is 24.0 Å². The molecule has 5 nitrogen and oxygen atoms in total. The average Bonchev–Trinajstić information content (AvgIpc) is 2.70. The van der Waals surface area contributed by atoms with Crippen LogP contribution in [0.2, 0.25) is 5.02 Å². The summed E-state index contributed by atoms with van der Waals surface area (Å²) in [5.74, 6) is 1.22. The first-order valence-corrected chi connectivity index (χ1v) is 6.64. The Labute approximate surface area is 146 Å². The monoisotopic (exact) mass is 419 g/mol. The average molecular weight is 420 g/mol. The highest BCUT2D eigenvalue weighted by Gasteiger charge is 2.07. The number of hydrogen-bond donors (Lipinski definition) is 2. The lowest BCUT2D eigenvalue weighted by Crippen LogP contribution is -2.32. The third kappa shape index (κ3) is 4.60. The zero-order valence-corrected chi connectivity index (χ0v) is 15.1. The molecule has 0 amide bonds. The Hall–Kier alpha value is -1.28. The lowest BCUT2D eigenvalue weighted by atomic mass is 10.3. The van der Waals surface area contributed by atoms with Crippen molar-refractivity contribution < 1.29 is 0 Å². The number of fused-ring (bicyclic) bond motifs is 1. The molecule has 0 saturated carbocycles. The zero-order valence-electron chi connectivity index (χ0n) is 12.1. The van der Waals surface area contributed by atoms with Gasteiger partial charge in [-0.15, -0.1) is 24.0 Å². The Bertz CT molecular complexity index is 677. The molecule has 0 saturated heterocycles. The molecule has 21 heavy (non-hydrogen) atoms. The second-order valence-corrected chi connectivity index (χ2v) is 5.17. The summed E-state index contributed by atoms with van der Waals surface area (Å²) >= 11 is 5.96. The number of aryl methyl sites for hydroxylation is 1. The number of guanidine groups is 1. The maximum atomic E-state index is 5.96. The molecule has 0 aliphatic carbocycles. The third-order valence-corrected chi connectivity index (χ3v) is 3.13. The highest BCUT2D eigenvalue weighted by Crippen LogP contribution is 2.19. The molecule has 1 aromatic heterocycles. The van der Waals surface area contributed by atoms with Crippen LogP contribution in [0.5, 0.6) is 0 Å². The number of imidazole rings is 1. The quantitative estimate of drug-likeness (QED) is 0.347. The normalized spacial score (nSPS) is 11.3. The van der Waals surface area contributed by atoms with Gasteiger partial charge in [0.1, 0.15) is 12.4 Å². The topological polar surface area (TPSA) is 68.2 Å². The van der Waals surface area contributed by atoms with Crippen LogP contribution in [0.15, 0.2) is 35.3 Å². The molecule has 0 bridgehead atoms. The molecular formula is C14H19ClIN5. The fraction of sp³-hybridized carbons (Fsp3) is 0.286. The van der Waals surface area contributed by atoms with E-state index >= 15 is 0 Å². The first-order chi connectivity index (χ1) is 9.47. The van der Waals surface area contributed by atoms with Crippen LogP contribution in [-0.4, -0.2) is 22.1 Å². The van der Waals surface area contributed by atoms with Crippen molar-refractivity contribution in [1.29, 1.82) is 0 Å². The first kappa shape index (κ1) is 17.8. The largest absolute Gasteiger partial charge is 0.370 e. The fourth-order valence-electron chi connectivity index (χ4n) is 1.82. The molecule has 0 radical (unpaired) electrons.